The minimum absolute atomic E-state index is 0.0519. The van der Waals surface area contributed by atoms with Gasteiger partial charge in [-0.05, 0) is 31.0 Å². The summed E-state index contributed by atoms with van der Waals surface area (Å²) in [7, 11) is 1.58. The zero-order valence-corrected chi connectivity index (χ0v) is 13.0. The number of hydrogen-bond donors (Lipinski definition) is 0. The molecule has 21 heavy (non-hydrogen) atoms. The van der Waals surface area contributed by atoms with Crippen molar-refractivity contribution in [3.05, 3.63) is 29.3 Å². The van der Waals surface area contributed by atoms with E-state index in [-0.39, 0.29) is 11.7 Å². The molecule has 1 fully saturated rings. The summed E-state index contributed by atoms with van der Waals surface area (Å²) in [5.41, 5.74) is 1.69. The zero-order valence-electron chi connectivity index (χ0n) is 13.0. The van der Waals surface area contributed by atoms with E-state index < -0.39 is 0 Å². The third-order valence-corrected chi connectivity index (χ3v) is 4.13. The van der Waals surface area contributed by atoms with Gasteiger partial charge in [0.1, 0.15) is 11.5 Å². The molecule has 0 aromatic heterocycles. The lowest BCUT2D eigenvalue weighted by atomic mass is 9.93. The lowest BCUT2D eigenvalue weighted by Gasteiger charge is -2.30. The summed E-state index contributed by atoms with van der Waals surface area (Å²) in [6, 6.07) is 5.62. The second-order valence-corrected chi connectivity index (χ2v) is 5.68. The monoisotopic (exact) mass is 289 g/mol. The molecule has 1 saturated heterocycles. The van der Waals surface area contributed by atoms with Crippen molar-refractivity contribution in [3.63, 3.8) is 0 Å². The Bertz CT molecular complexity index is 539. The first-order chi connectivity index (χ1) is 10.0. The van der Waals surface area contributed by atoms with Crippen LogP contribution in [0.3, 0.4) is 0 Å². The number of carbonyl (C=O) groups is 2. The van der Waals surface area contributed by atoms with Crippen molar-refractivity contribution in [1.29, 1.82) is 0 Å². The molecule has 1 aliphatic rings. The van der Waals surface area contributed by atoms with Gasteiger partial charge in [-0.25, -0.2) is 0 Å². The topological polar surface area (TPSA) is 46.6 Å². The fraction of sp³-hybridized carbons (Fsp3) is 0.529. The van der Waals surface area contributed by atoms with Crippen LogP contribution in [0.2, 0.25) is 0 Å². The number of carbonyl (C=O) groups excluding carboxylic acids is 2. The maximum Gasteiger partial charge on any atom is 0.180 e. The number of piperidine rings is 1. The molecule has 4 heteroatoms. The van der Waals surface area contributed by atoms with Gasteiger partial charge in [0.2, 0.25) is 0 Å². The van der Waals surface area contributed by atoms with E-state index in [0.717, 1.165) is 12.0 Å². The predicted octanol–water partition coefficient (Wildman–Crippen LogP) is 2.49. The molecule has 0 radical (unpaired) electrons. The number of benzene rings is 1. The molecule has 1 atom stereocenters. The Morgan fingerprint density at radius 1 is 1.43 bits per heavy atom. The van der Waals surface area contributed by atoms with Gasteiger partial charge >= 0.3 is 0 Å². The van der Waals surface area contributed by atoms with Gasteiger partial charge in [0.15, 0.2) is 5.78 Å². The van der Waals surface area contributed by atoms with Crippen LogP contribution < -0.4 is 4.74 Å². The van der Waals surface area contributed by atoms with Crippen LogP contribution in [0.5, 0.6) is 5.75 Å². The Kier molecular flexibility index (Phi) is 5.12. The predicted molar refractivity (Wildman–Crippen MR) is 81.9 cm³/mol. The van der Waals surface area contributed by atoms with Gasteiger partial charge in [0.05, 0.1) is 19.2 Å². The molecule has 1 heterocycles. The third kappa shape index (κ3) is 3.70. The van der Waals surface area contributed by atoms with Crippen molar-refractivity contribution in [2.24, 2.45) is 5.92 Å². The number of aryl methyl sites for hydroxylation is 1. The Labute approximate surface area is 126 Å². The summed E-state index contributed by atoms with van der Waals surface area (Å²) < 4.78 is 5.30. The van der Waals surface area contributed by atoms with Gasteiger partial charge in [0, 0.05) is 25.4 Å². The van der Waals surface area contributed by atoms with Crippen LogP contribution in [-0.4, -0.2) is 43.2 Å². The van der Waals surface area contributed by atoms with E-state index in [1.54, 1.807) is 7.11 Å². The summed E-state index contributed by atoms with van der Waals surface area (Å²) >= 11 is 0. The molecule has 1 aromatic carbocycles. The largest absolute Gasteiger partial charge is 0.496 e. The Morgan fingerprint density at radius 2 is 2.19 bits per heavy atom. The maximum atomic E-state index is 12.5. The number of hydrogen-bond acceptors (Lipinski definition) is 4. The highest BCUT2D eigenvalue weighted by Crippen LogP contribution is 2.22. The Balaban J connectivity index is 2.06. The van der Waals surface area contributed by atoms with E-state index in [1.165, 1.54) is 0 Å². The van der Waals surface area contributed by atoms with Crippen LogP contribution in [0.1, 0.15) is 35.7 Å². The van der Waals surface area contributed by atoms with E-state index in [0.29, 0.717) is 43.2 Å². The Morgan fingerprint density at radius 3 is 2.86 bits per heavy atom. The van der Waals surface area contributed by atoms with Crippen LogP contribution in [-0.2, 0) is 4.79 Å². The maximum absolute atomic E-state index is 12.5. The van der Waals surface area contributed by atoms with Crippen LogP contribution in [0.4, 0.5) is 0 Å². The average molecular weight is 289 g/mol. The standard InChI is InChI=1S/C17H23NO3/c1-4-13-10-18(8-7-15(13)19)11-16(20)14-6-5-12(2)9-17(14)21-3/h5-6,9,13H,4,7-8,10-11H2,1-3H3. The minimum Gasteiger partial charge on any atom is -0.496 e. The highest BCUT2D eigenvalue weighted by atomic mass is 16.5. The highest BCUT2D eigenvalue weighted by molar-refractivity contribution is 6.00. The van der Waals surface area contributed by atoms with Crippen molar-refractivity contribution in [2.45, 2.75) is 26.7 Å². The summed E-state index contributed by atoms with van der Waals surface area (Å²) in [6.07, 6.45) is 1.40. The van der Waals surface area contributed by atoms with E-state index in [9.17, 15) is 9.59 Å². The number of ketones is 2. The molecular formula is C17H23NO3. The molecule has 1 unspecified atom stereocenters. The van der Waals surface area contributed by atoms with Crippen LogP contribution in [0, 0.1) is 12.8 Å². The first-order valence-corrected chi connectivity index (χ1v) is 7.48. The third-order valence-electron chi connectivity index (χ3n) is 4.13. The second-order valence-electron chi connectivity index (χ2n) is 5.68. The van der Waals surface area contributed by atoms with Gasteiger partial charge in [-0.15, -0.1) is 0 Å². The highest BCUT2D eigenvalue weighted by Gasteiger charge is 2.27. The fourth-order valence-corrected chi connectivity index (χ4v) is 2.79. The SMILES string of the molecule is CCC1CN(CC(=O)c2ccc(C)cc2OC)CCC1=O. The van der Waals surface area contributed by atoms with Crippen molar-refractivity contribution < 1.29 is 14.3 Å². The van der Waals surface area contributed by atoms with Gasteiger partial charge in [-0.2, -0.15) is 0 Å². The van der Waals surface area contributed by atoms with E-state index in [1.807, 2.05) is 32.0 Å². The molecule has 1 aromatic rings. The molecule has 2 rings (SSSR count). The number of methoxy groups -OCH3 is 1. The second kappa shape index (κ2) is 6.85. The van der Waals surface area contributed by atoms with Crippen molar-refractivity contribution in [1.82, 2.24) is 4.90 Å². The number of nitrogens with zero attached hydrogens (tertiary/aromatic N) is 1. The molecule has 1 aliphatic heterocycles. The molecule has 0 bridgehead atoms. The molecule has 0 spiro atoms. The van der Waals surface area contributed by atoms with E-state index in [2.05, 4.69) is 4.90 Å². The molecule has 0 amide bonds. The minimum atomic E-state index is 0.0519. The fourth-order valence-electron chi connectivity index (χ4n) is 2.79. The smallest absolute Gasteiger partial charge is 0.180 e. The summed E-state index contributed by atoms with van der Waals surface area (Å²) in [6.45, 7) is 5.71. The molecule has 0 saturated carbocycles. The molecule has 114 valence electrons. The average Bonchev–Trinajstić information content (AvgIpc) is 2.48. The van der Waals surface area contributed by atoms with Crippen molar-refractivity contribution in [3.8, 4) is 5.75 Å². The first-order valence-electron chi connectivity index (χ1n) is 7.48. The van der Waals surface area contributed by atoms with Crippen LogP contribution in [0.25, 0.3) is 0 Å². The van der Waals surface area contributed by atoms with E-state index >= 15 is 0 Å². The van der Waals surface area contributed by atoms with Crippen LogP contribution in [0.15, 0.2) is 18.2 Å². The number of rotatable bonds is 5. The van der Waals surface area contributed by atoms with E-state index in [4.69, 9.17) is 4.74 Å². The lowest BCUT2D eigenvalue weighted by molar-refractivity contribution is -0.126. The summed E-state index contributed by atoms with van der Waals surface area (Å²) in [4.78, 5) is 26.3. The van der Waals surface area contributed by atoms with Gasteiger partial charge < -0.3 is 4.74 Å². The van der Waals surface area contributed by atoms with Crippen LogP contribution >= 0.6 is 0 Å². The molecule has 0 N–H and O–H groups in total. The van der Waals surface area contributed by atoms with Crippen molar-refractivity contribution in [2.75, 3.05) is 26.7 Å². The normalized spacial score (nSPS) is 19.6. The molecule has 0 aliphatic carbocycles. The molecular weight excluding hydrogens is 266 g/mol. The zero-order chi connectivity index (χ0) is 15.4. The summed E-state index contributed by atoms with van der Waals surface area (Å²) in [5.74, 6) is 1.08. The Hall–Kier alpha value is -1.68. The number of ether oxygens (including phenoxy) is 1. The first kappa shape index (κ1) is 15.7. The number of Topliss-reactive ketones (excluding diaryl/α,β-unsaturated/α-hetero) is 2. The van der Waals surface area contributed by atoms with Crippen molar-refractivity contribution >= 4 is 11.6 Å². The molecule has 4 nitrogen and oxygen atoms in total. The van der Waals surface area contributed by atoms with Gasteiger partial charge in [-0.1, -0.05) is 13.0 Å². The van der Waals surface area contributed by atoms with Gasteiger partial charge in [0.25, 0.3) is 0 Å². The lowest BCUT2D eigenvalue weighted by Crippen LogP contribution is -2.43. The number of likely N-dealkylation sites (tertiary alicyclic amines) is 1. The summed E-state index contributed by atoms with van der Waals surface area (Å²) in [5, 5.41) is 0. The van der Waals surface area contributed by atoms with Gasteiger partial charge in [-0.3, -0.25) is 14.5 Å². The quantitative estimate of drug-likeness (QED) is 0.781.